The summed E-state index contributed by atoms with van der Waals surface area (Å²) < 4.78 is 120. The first-order chi connectivity index (χ1) is 14.9. The number of aliphatic imine (C=N–C) groups is 2. The van der Waals surface area contributed by atoms with Crippen molar-refractivity contribution in [3.63, 3.8) is 0 Å². The van der Waals surface area contributed by atoms with Gasteiger partial charge in [-0.15, -0.1) is 0 Å². The quantitative estimate of drug-likeness (QED) is 0.485. The summed E-state index contributed by atoms with van der Waals surface area (Å²) in [4.78, 5) is 5.95. The van der Waals surface area contributed by atoms with Crippen LogP contribution in [-0.4, -0.2) is 41.1 Å². The smallest absolute Gasteiger partial charge is 0.384 e. The van der Waals surface area contributed by atoms with Gasteiger partial charge in [-0.3, -0.25) is 5.01 Å². The summed E-state index contributed by atoms with van der Waals surface area (Å²) in [5, 5.41) is 0.290. The molecule has 1 atom stereocenters. The fraction of sp³-hybridized carbons (Fsp3) is 0.412. The average Bonchev–Trinajstić information content (AvgIpc) is 2.91. The van der Waals surface area contributed by atoms with Crippen LogP contribution < -0.4 is 10.7 Å². The Morgan fingerprint density at radius 1 is 0.909 bits per heavy atom. The summed E-state index contributed by atoms with van der Waals surface area (Å²) in [6, 6.07) is 0.0562. The van der Waals surface area contributed by atoms with E-state index in [0.29, 0.717) is 12.1 Å². The summed E-state index contributed by atoms with van der Waals surface area (Å²) in [5.41, 5.74) is 1.30. The second-order valence-corrected chi connectivity index (χ2v) is 7.97. The molecular formula is C17H12Cl2F9N5. The van der Waals surface area contributed by atoms with Crippen molar-refractivity contribution in [1.82, 2.24) is 5.01 Å². The van der Waals surface area contributed by atoms with Gasteiger partial charge < -0.3 is 5.73 Å². The van der Waals surface area contributed by atoms with Gasteiger partial charge in [0.15, 0.2) is 11.9 Å². The third-order valence-corrected chi connectivity index (χ3v) is 5.14. The molecule has 2 N–H and O–H groups in total. The van der Waals surface area contributed by atoms with E-state index in [-0.39, 0.29) is 0 Å². The summed E-state index contributed by atoms with van der Waals surface area (Å²) in [7, 11) is 0. The fourth-order valence-corrected chi connectivity index (χ4v) is 3.97. The van der Waals surface area contributed by atoms with Crippen LogP contribution >= 0.6 is 23.2 Å². The summed E-state index contributed by atoms with van der Waals surface area (Å²) in [6.45, 7) is 2.77. The molecular weight excluding hydrogens is 516 g/mol. The van der Waals surface area contributed by atoms with Crippen LogP contribution in [0.15, 0.2) is 33.5 Å². The number of nitrogens with two attached hydrogens (primary N) is 1. The third kappa shape index (κ3) is 4.47. The number of benzene rings is 1. The predicted molar refractivity (Wildman–Crippen MR) is 103 cm³/mol. The van der Waals surface area contributed by atoms with Gasteiger partial charge in [0.1, 0.15) is 5.82 Å². The number of alkyl halides is 9. The van der Waals surface area contributed by atoms with Crippen LogP contribution in [-0.2, 0) is 6.18 Å². The normalized spacial score (nSPS) is 20.4. The number of hydrogen-bond acceptors (Lipinski definition) is 5. The van der Waals surface area contributed by atoms with Gasteiger partial charge in [0.25, 0.3) is 0 Å². The summed E-state index contributed by atoms with van der Waals surface area (Å²) in [5.74, 6) is -2.84. The predicted octanol–water partition coefficient (Wildman–Crippen LogP) is 5.93. The highest BCUT2D eigenvalue weighted by Gasteiger charge is 2.54. The number of nitrogens with zero attached hydrogens (tertiary/aromatic N) is 4. The van der Waals surface area contributed by atoms with Crippen molar-refractivity contribution in [3.05, 3.63) is 39.1 Å². The highest BCUT2D eigenvalue weighted by atomic mass is 35.5. The first-order valence-electron chi connectivity index (χ1n) is 8.81. The van der Waals surface area contributed by atoms with Crippen LogP contribution in [0.1, 0.15) is 19.4 Å². The van der Waals surface area contributed by atoms with E-state index in [1.165, 1.54) is 13.8 Å². The lowest BCUT2D eigenvalue weighted by atomic mass is 10.1. The molecule has 5 nitrogen and oxygen atoms in total. The minimum atomic E-state index is -5.36. The number of rotatable bonds is 2. The molecule has 182 valence electrons. The molecule has 0 saturated heterocycles. The van der Waals surface area contributed by atoms with Crippen molar-refractivity contribution in [2.24, 2.45) is 15.7 Å². The molecule has 0 radical (unpaired) electrons. The highest BCUT2D eigenvalue weighted by molar-refractivity contribution is 6.39. The zero-order valence-electron chi connectivity index (χ0n) is 16.3. The topological polar surface area (TPSA) is 57.2 Å². The maximum absolute atomic E-state index is 13.7. The molecule has 0 spiro atoms. The summed E-state index contributed by atoms with van der Waals surface area (Å²) >= 11 is 12.0. The Morgan fingerprint density at radius 3 is 1.82 bits per heavy atom. The summed E-state index contributed by atoms with van der Waals surface area (Å²) in [6.07, 6.45) is -17.5. The van der Waals surface area contributed by atoms with Crippen LogP contribution in [0.4, 0.5) is 45.2 Å². The van der Waals surface area contributed by atoms with E-state index in [9.17, 15) is 39.5 Å². The molecule has 0 aliphatic carbocycles. The Balaban J connectivity index is 2.30. The van der Waals surface area contributed by atoms with Gasteiger partial charge >= 0.3 is 18.5 Å². The first-order valence-corrected chi connectivity index (χ1v) is 9.56. The number of hydrogen-bond donors (Lipinski definition) is 1. The van der Waals surface area contributed by atoms with Gasteiger partial charge in [-0.05, 0) is 26.0 Å². The van der Waals surface area contributed by atoms with Crippen LogP contribution in [0.25, 0.3) is 0 Å². The molecule has 16 heteroatoms. The van der Waals surface area contributed by atoms with Crippen molar-refractivity contribution >= 4 is 40.4 Å². The number of fused-ring (bicyclic) bond motifs is 1. The molecule has 1 aromatic rings. The van der Waals surface area contributed by atoms with Crippen LogP contribution in [0, 0.1) is 0 Å². The van der Waals surface area contributed by atoms with Gasteiger partial charge in [0, 0.05) is 6.04 Å². The average molecular weight is 528 g/mol. The number of hydrazine groups is 1. The van der Waals surface area contributed by atoms with E-state index in [2.05, 4.69) is 9.98 Å². The number of anilines is 1. The van der Waals surface area contributed by atoms with Crippen molar-refractivity contribution in [2.45, 2.75) is 44.6 Å². The zero-order valence-corrected chi connectivity index (χ0v) is 17.8. The Labute approximate surface area is 189 Å². The second kappa shape index (κ2) is 7.94. The van der Waals surface area contributed by atoms with E-state index in [1.807, 2.05) is 0 Å². The molecule has 0 aromatic heterocycles. The molecule has 0 saturated carbocycles. The highest BCUT2D eigenvalue weighted by Crippen LogP contribution is 2.47. The molecule has 2 aliphatic rings. The molecule has 1 aromatic carbocycles. The Kier molecular flexibility index (Phi) is 6.12. The van der Waals surface area contributed by atoms with Gasteiger partial charge in [-0.1, -0.05) is 23.2 Å². The first kappa shape index (κ1) is 25.4. The maximum Gasteiger partial charge on any atom is 0.451 e. The Hall–Kier alpha value is -2.19. The van der Waals surface area contributed by atoms with Gasteiger partial charge in [-0.25, -0.2) is 9.98 Å². The third-order valence-electron chi connectivity index (χ3n) is 4.57. The molecule has 0 fully saturated rings. The second-order valence-electron chi connectivity index (χ2n) is 7.15. The fourth-order valence-electron chi connectivity index (χ4n) is 3.32. The van der Waals surface area contributed by atoms with E-state index >= 15 is 0 Å². The van der Waals surface area contributed by atoms with Crippen molar-refractivity contribution in [1.29, 1.82) is 0 Å². The monoisotopic (exact) mass is 527 g/mol. The van der Waals surface area contributed by atoms with Crippen LogP contribution in [0.2, 0.25) is 10.0 Å². The SMILES string of the molecule is CC(C)N1C2N=C(C(F)(F)F)N=C(C(F)(F)F)C2=C(N)N1c1c(Cl)cc(C(F)(F)F)cc1Cl. The van der Waals surface area contributed by atoms with E-state index in [1.54, 1.807) is 0 Å². The molecule has 2 aliphatic heterocycles. The largest absolute Gasteiger partial charge is 0.451 e. The van der Waals surface area contributed by atoms with Crippen molar-refractivity contribution < 1.29 is 39.5 Å². The van der Waals surface area contributed by atoms with E-state index in [0.717, 1.165) is 10.0 Å². The Morgan fingerprint density at radius 2 is 1.42 bits per heavy atom. The van der Waals surface area contributed by atoms with E-state index in [4.69, 9.17) is 28.9 Å². The molecule has 2 heterocycles. The van der Waals surface area contributed by atoms with Crippen LogP contribution in [0.3, 0.4) is 0 Å². The standard InChI is InChI=1S/C17H12Cl2F9N5/c1-5(2)32-13-9(11(16(23,24)25)30-14(31-13)17(26,27)28)12(29)33(32)10-7(18)3-6(4-8(10)19)15(20,21)22/h3-5,13H,29H2,1-2H3. The lowest BCUT2D eigenvalue weighted by molar-refractivity contribution is -0.137. The zero-order chi connectivity index (χ0) is 25.3. The van der Waals surface area contributed by atoms with E-state index < -0.39 is 75.0 Å². The molecule has 0 bridgehead atoms. The minimum Gasteiger partial charge on any atom is -0.384 e. The van der Waals surface area contributed by atoms with Gasteiger partial charge in [0.2, 0.25) is 5.84 Å². The minimum absolute atomic E-state index is 0.463. The Bertz CT molecular complexity index is 1050. The molecule has 33 heavy (non-hydrogen) atoms. The number of amidine groups is 1. The molecule has 3 rings (SSSR count). The molecule has 0 amide bonds. The van der Waals surface area contributed by atoms with Crippen molar-refractivity contribution in [2.75, 3.05) is 5.01 Å². The number of halogens is 11. The lowest BCUT2D eigenvalue weighted by Gasteiger charge is -2.37. The van der Waals surface area contributed by atoms with Crippen molar-refractivity contribution in [3.8, 4) is 0 Å². The van der Waals surface area contributed by atoms with Gasteiger partial charge in [0.05, 0.1) is 26.9 Å². The molecule has 1 unspecified atom stereocenters. The van der Waals surface area contributed by atoms with Gasteiger partial charge in [-0.2, -0.15) is 44.5 Å². The lowest BCUT2D eigenvalue weighted by Crippen LogP contribution is -2.50. The van der Waals surface area contributed by atoms with Crippen LogP contribution in [0.5, 0.6) is 0 Å². The maximum atomic E-state index is 13.7.